The van der Waals surface area contributed by atoms with Gasteiger partial charge in [-0.2, -0.15) is 5.01 Å². The van der Waals surface area contributed by atoms with E-state index in [0.29, 0.717) is 28.6 Å². The molecule has 0 unspecified atom stereocenters. The van der Waals surface area contributed by atoms with E-state index in [4.69, 9.17) is 21.7 Å². The summed E-state index contributed by atoms with van der Waals surface area (Å²) < 4.78 is 11.7. The van der Waals surface area contributed by atoms with Crippen molar-refractivity contribution in [2.24, 2.45) is 0 Å². The Morgan fingerprint density at radius 2 is 1.91 bits per heavy atom. The molecule has 2 amide bonds. The molecular formula is C25H21N3O4S2. The number of ether oxygens (including phenoxy) is 2. The van der Waals surface area contributed by atoms with Gasteiger partial charge in [0.25, 0.3) is 11.8 Å². The van der Waals surface area contributed by atoms with Crippen molar-refractivity contribution in [2.45, 2.75) is 13.5 Å². The lowest BCUT2D eigenvalue weighted by Crippen LogP contribution is -2.44. The fraction of sp³-hybridized carbons (Fsp3) is 0.120. The van der Waals surface area contributed by atoms with Gasteiger partial charge in [-0.1, -0.05) is 42.1 Å². The van der Waals surface area contributed by atoms with Gasteiger partial charge in [0.1, 0.15) is 6.61 Å². The fourth-order valence-electron chi connectivity index (χ4n) is 3.21. The van der Waals surface area contributed by atoms with Gasteiger partial charge in [-0.3, -0.25) is 20.0 Å². The summed E-state index contributed by atoms with van der Waals surface area (Å²) in [5.74, 6) is 0.289. The lowest BCUT2D eigenvalue weighted by molar-refractivity contribution is -0.123. The Morgan fingerprint density at radius 3 is 2.65 bits per heavy atom. The second-order valence-corrected chi connectivity index (χ2v) is 9.00. The molecule has 0 bridgehead atoms. The number of carbonyl (C=O) groups excluding carboxylic acids is 2. The van der Waals surface area contributed by atoms with Crippen LogP contribution in [0.1, 0.15) is 27.0 Å². The molecule has 0 saturated carbocycles. The third-order valence-electron chi connectivity index (χ3n) is 5.08. The first kappa shape index (κ1) is 23.5. The zero-order valence-corrected chi connectivity index (χ0v) is 20.1. The highest BCUT2D eigenvalue weighted by Gasteiger charge is 2.33. The number of carbonyl (C=O) groups is 2. The molecule has 0 radical (unpaired) electrons. The number of thiocarbonyl (C=S) groups is 1. The van der Waals surface area contributed by atoms with Gasteiger partial charge in [-0.15, -0.1) is 0 Å². The molecule has 2 aromatic carbocycles. The number of nitrogens with zero attached hydrogens (tertiary/aromatic N) is 2. The predicted octanol–water partition coefficient (Wildman–Crippen LogP) is 4.52. The van der Waals surface area contributed by atoms with Crippen LogP contribution in [0, 0.1) is 6.92 Å². The molecule has 1 saturated heterocycles. The second-order valence-electron chi connectivity index (χ2n) is 7.32. The van der Waals surface area contributed by atoms with Crippen molar-refractivity contribution in [1.29, 1.82) is 0 Å². The van der Waals surface area contributed by atoms with Crippen LogP contribution in [0.5, 0.6) is 11.5 Å². The standard InChI is InChI=1S/C25H21N3O4S2/c1-16-5-3-4-6-19(16)15-32-20-8-7-17(13-21(20)31-2)14-22-24(30)28(25(33)34-22)27-23(29)18-9-11-26-12-10-18/h3-14H,15H2,1-2H3,(H,27,29)/b22-14-. The van der Waals surface area contributed by atoms with Crippen molar-refractivity contribution < 1.29 is 19.1 Å². The fourth-order valence-corrected chi connectivity index (χ4v) is 4.39. The molecule has 3 aromatic rings. The Balaban J connectivity index is 1.47. The summed E-state index contributed by atoms with van der Waals surface area (Å²) in [5, 5.41) is 1.07. The van der Waals surface area contributed by atoms with Crippen LogP contribution < -0.4 is 14.9 Å². The Hall–Kier alpha value is -3.69. The van der Waals surface area contributed by atoms with Crippen molar-refractivity contribution in [1.82, 2.24) is 15.4 Å². The van der Waals surface area contributed by atoms with E-state index in [1.54, 1.807) is 37.5 Å². The monoisotopic (exact) mass is 491 g/mol. The molecule has 7 nitrogen and oxygen atoms in total. The Kier molecular flexibility index (Phi) is 7.24. The van der Waals surface area contributed by atoms with E-state index >= 15 is 0 Å². The van der Waals surface area contributed by atoms with E-state index < -0.39 is 11.8 Å². The van der Waals surface area contributed by atoms with Gasteiger partial charge in [-0.25, -0.2) is 0 Å². The van der Waals surface area contributed by atoms with Gasteiger partial charge in [-0.05, 0) is 66.2 Å². The number of aromatic nitrogens is 1. The molecule has 4 rings (SSSR count). The normalized spacial score (nSPS) is 14.4. The minimum atomic E-state index is -0.447. The first-order valence-electron chi connectivity index (χ1n) is 10.3. The number of benzene rings is 2. The number of rotatable bonds is 7. The maximum absolute atomic E-state index is 12.9. The number of thioether (sulfide) groups is 1. The number of pyridine rings is 1. The summed E-state index contributed by atoms with van der Waals surface area (Å²) in [6, 6.07) is 16.5. The summed E-state index contributed by atoms with van der Waals surface area (Å²) in [6.07, 6.45) is 4.70. The van der Waals surface area contributed by atoms with Crippen molar-refractivity contribution in [2.75, 3.05) is 7.11 Å². The smallest absolute Gasteiger partial charge is 0.285 e. The Bertz CT molecular complexity index is 1280. The molecule has 9 heteroatoms. The van der Waals surface area contributed by atoms with Crippen LogP contribution >= 0.6 is 24.0 Å². The molecule has 0 atom stereocenters. The van der Waals surface area contributed by atoms with Crippen LogP contribution in [-0.2, 0) is 11.4 Å². The quantitative estimate of drug-likeness (QED) is 0.384. The zero-order chi connectivity index (χ0) is 24.1. The van der Waals surface area contributed by atoms with E-state index in [2.05, 4.69) is 10.4 Å². The first-order chi connectivity index (χ1) is 16.5. The molecule has 1 aliphatic rings. The topological polar surface area (TPSA) is 80.8 Å². The average molecular weight is 492 g/mol. The van der Waals surface area contributed by atoms with Gasteiger partial charge in [0.05, 0.1) is 12.0 Å². The number of aryl methyl sites for hydroxylation is 1. The highest BCUT2D eigenvalue weighted by atomic mass is 32.2. The molecule has 0 spiro atoms. The van der Waals surface area contributed by atoms with Crippen LogP contribution in [0.15, 0.2) is 71.9 Å². The summed E-state index contributed by atoms with van der Waals surface area (Å²) in [6.45, 7) is 2.45. The van der Waals surface area contributed by atoms with Crippen LogP contribution in [-0.4, -0.2) is 33.2 Å². The van der Waals surface area contributed by atoms with Gasteiger partial charge < -0.3 is 9.47 Å². The number of hydrogen-bond acceptors (Lipinski definition) is 7. The summed E-state index contributed by atoms with van der Waals surface area (Å²) in [7, 11) is 1.56. The number of hydrogen-bond donors (Lipinski definition) is 1. The van der Waals surface area contributed by atoms with Gasteiger partial charge in [0, 0.05) is 18.0 Å². The van der Waals surface area contributed by atoms with Gasteiger partial charge in [0.2, 0.25) is 0 Å². The van der Waals surface area contributed by atoms with E-state index in [1.165, 1.54) is 12.4 Å². The molecule has 1 fully saturated rings. The number of hydrazine groups is 1. The van der Waals surface area contributed by atoms with E-state index in [1.807, 2.05) is 37.3 Å². The highest BCUT2D eigenvalue weighted by Crippen LogP contribution is 2.34. The minimum Gasteiger partial charge on any atom is -0.493 e. The zero-order valence-electron chi connectivity index (χ0n) is 18.5. The first-order valence-corrected chi connectivity index (χ1v) is 11.5. The molecule has 1 aromatic heterocycles. The number of amides is 2. The Morgan fingerprint density at radius 1 is 1.15 bits per heavy atom. The third kappa shape index (κ3) is 5.27. The van der Waals surface area contributed by atoms with Gasteiger partial charge in [0.15, 0.2) is 15.8 Å². The van der Waals surface area contributed by atoms with Crippen LogP contribution in [0.4, 0.5) is 0 Å². The SMILES string of the molecule is COc1cc(/C=C2\SC(=S)N(NC(=O)c3ccncc3)C2=O)ccc1OCc1ccccc1C. The van der Waals surface area contributed by atoms with Crippen LogP contribution in [0.25, 0.3) is 6.08 Å². The van der Waals surface area contributed by atoms with Crippen molar-refractivity contribution >= 4 is 46.2 Å². The number of nitrogens with one attached hydrogen (secondary N) is 1. The molecule has 172 valence electrons. The largest absolute Gasteiger partial charge is 0.493 e. The van der Waals surface area contributed by atoms with E-state index in [9.17, 15) is 9.59 Å². The van der Waals surface area contributed by atoms with Crippen LogP contribution in [0.3, 0.4) is 0 Å². The number of methoxy groups -OCH3 is 1. The molecular weight excluding hydrogens is 470 g/mol. The average Bonchev–Trinajstić information content (AvgIpc) is 3.11. The molecule has 2 heterocycles. The van der Waals surface area contributed by atoms with Crippen molar-refractivity contribution in [3.63, 3.8) is 0 Å². The predicted molar refractivity (Wildman–Crippen MR) is 135 cm³/mol. The van der Waals surface area contributed by atoms with Crippen LogP contribution in [0.2, 0.25) is 0 Å². The third-order valence-corrected chi connectivity index (χ3v) is 6.38. The second kappa shape index (κ2) is 10.5. The summed E-state index contributed by atoms with van der Waals surface area (Å²) >= 11 is 6.41. The van der Waals surface area contributed by atoms with Gasteiger partial charge >= 0.3 is 0 Å². The summed E-state index contributed by atoms with van der Waals surface area (Å²) in [4.78, 5) is 29.5. The molecule has 1 N–H and O–H groups in total. The van der Waals surface area contributed by atoms with Crippen molar-refractivity contribution in [3.8, 4) is 11.5 Å². The minimum absolute atomic E-state index is 0.240. The molecule has 0 aliphatic carbocycles. The molecule has 34 heavy (non-hydrogen) atoms. The van der Waals surface area contributed by atoms with E-state index in [-0.39, 0.29) is 4.32 Å². The lowest BCUT2D eigenvalue weighted by atomic mass is 10.1. The maximum atomic E-state index is 12.9. The molecule has 1 aliphatic heterocycles. The lowest BCUT2D eigenvalue weighted by Gasteiger charge is -2.15. The maximum Gasteiger partial charge on any atom is 0.285 e. The summed E-state index contributed by atoms with van der Waals surface area (Å²) in [5.41, 5.74) is 5.90. The van der Waals surface area contributed by atoms with Crippen molar-refractivity contribution in [3.05, 3.63) is 94.1 Å². The van der Waals surface area contributed by atoms with E-state index in [0.717, 1.165) is 33.5 Å². The Labute approximate surface area is 206 Å². The highest BCUT2D eigenvalue weighted by molar-refractivity contribution is 8.26.